The van der Waals surface area contributed by atoms with E-state index in [1.165, 1.54) is 11.1 Å². The van der Waals surface area contributed by atoms with Crippen LogP contribution in [0.3, 0.4) is 0 Å². The van der Waals surface area contributed by atoms with Gasteiger partial charge in [-0.15, -0.1) is 0 Å². The van der Waals surface area contributed by atoms with Gasteiger partial charge >= 0.3 is 0 Å². The van der Waals surface area contributed by atoms with Gasteiger partial charge in [-0.25, -0.2) is 0 Å². The molecule has 1 nitrogen and oxygen atoms in total. The van der Waals surface area contributed by atoms with Gasteiger partial charge < -0.3 is 4.90 Å². The highest BCUT2D eigenvalue weighted by molar-refractivity contribution is 7.80. The first-order valence-corrected chi connectivity index (χ1v) is 7.61. The minimum Gasteiger partial charge on any atom is -0.354 e. The van der Waals surface area contributed by atoms with E-state index < -0.39 is 0 Å². The van der Waals surface area contributed by atoms with Crippen LogP contribution < -0.4 is 0 Å². The number of nitrogens with zero attached hydrogens (tertiary/aromatic N) is 1. The molecule has 0 aromatic heterocycles. The molecule has 0 aliphatic carbocycles. The van der Waals surface area contributed by atoms with Crippen LogP contribution in [0, 0.1) is 0 Å². The first-order chi connectivity index (χ1) is 10.2. The SMILES string of the molecule is C/C=C(/C)C(=S)N(Cc1ccccc1)Cc1ccccc1. The zero-order chi connectivity index (χ0) is 15.1. The van der Waals surface area contributed by atoms with Gasteiger partial charge in [0.2, 0.25) is 0 Å². The van der Waals surface area contributed by atoms with E-state index in [1.54, 1.807) is 0 Å². The molecular weight excluding hydrogens is 274 g/mol. The maximum Gasteiger partial charge on any atom is 0.105 e. The van der Waals surface area contributed by atoms with Gasteiger partial charge in [-0.2, -0.15) is 0 Å². The second-order valence-corrected chi connectivity index (χ2v) is 5.49. The molecule has 0 saturated heterocycles. The molecule has 0 radical (unpaired) electrons. The predicted octanol–water partition coefficient (Wildman–Crippen LogP) is 4.98. The van der Waals surface area contributed by atoms with Gasteiger partial charge in [-0.05, 0) is 30.5 Å². The van der Waals surface area contributed by atoms with E-state index >= 15 is 0 Å². The van der Waals surface area contributed by atoms with Crippen molar-refractivity contribution in [3.05, 3.63) is 83.4 Å². The zero-order valence-corrected chi connectivity index (χ0v) is 13.4. The maximum absolute atomic E-state index is 5.65. The van der Waals surface area contributed by atoms with Crippen LogP contribution in [-0.2, 0) is 13.1 Å². The molecule has 2 heteroatoms. The van der Waals surface area contributed by atoms with Crippen LogP contribution in [-0.4, -0.2) is 9.89 Å². The third-order valence-electron chi connectivity index (χ3n) is 3.49. The molecule has 0 atom stereocenters. The molecule has 2 aromatic rings. The van der Waals surface area contributed by atoms with Crippen molar-refractivity contribution in [2.75, 3.05) is 0 Å². The monoisotopic (exact) mass is 295 g/mol. The summed E-state index contributed by atoms with van der Waals surface area (Å²) >= 11 is 5.65. The second-order valence-electron chi connectivity index (χ2n) is 5.10. The zero-order valence-electron chi connectivity index (χ0n) is 12.6. The molecule has 0 unspecified atom stereocenters. The lowest BCUT2D eigenvalue weighted by atomic mass is 10.1. The van der Waals surface area contributed by atoms with Crippen LogP contribution in [0.1, 0.15) is 25.0 Å². The number of hydrogen-bond donors (Lipinski definition) is 0. The lowest BCUT2D eigenvalue weighted by Gasteiger charge is -2.26. The topological polar surface area (TPSA) is 3.24 Å². The summed E-state index contributed by atoms with van der Waals surface area (Å²) in [6, 6.07) is 20.9. The number of rotatable bonds is 5. The fourth-order valence-electron chi connectivity index (χ4n) is 2.18. The number of allylic oxidation sites excluding steroid dienone is 1. The molecule has 2 rings (SSSR count). The Labute approximate surface area is 132 Å². The Hall–Kier alpha value is -1.93. The Balaban J connectivity index is 2.20. The minimum absolute atomic E-state index is 0.833. The summed E-state index contributed by atoms with van der Waals surface area (Å²) in [7, 11) is 0. The van der Waals surface area contributed by atoms with Crippen molar-refractivity contribution in [1.29, 1.82) is 0 Å². The van der Waals surface area contributed by atoms with Crippen molar-refractivity contribution in [3.63, 3.8) is 0 Å². The number of hydrogen-bond acceptors (Lipinski definition) is 1. The quantitative estimate of drug-likeness (QED) is 0.565. The number of benzene rings is 2. The Morgan fingerprint density at radius 3 is 1.71 bits per heavy atom. The average Bonchev–Trinajstić information content (AvgIpc) is 2.54. The lowest BCUT2D eigenvalue weighted by Crippen LogP contribution is -2.29. The maximum atomic E-state index is 5.65. The second kappa shape index (κ2) is 7.75. The summed E-state index contributed by atoms with van der Waals surface area (Å²) in [4.78, 5) is 3.18. The van der Waals surface area contributed by atoms with Crippen molar-refractivity contribution in [2.24, 2.45) is 0 Å². The van der Waals surface area contributed by atoms with Crippen molar-refractivity contribution >= 4 is 17.2 Å². The first-order valence-electron chi connectivity index (χ1n) is 7.20. The van der Waals surface area contributed by atoms with Gasteiger partial charge in [-0.3, -0.25) is 0 Å². The summed E-state index contributed by atoms with van der Waals surface area (Å²) in [5.41, 5.74) is 3.70. The summed E-state index contributed by atoms with van der Waals surface area (Å²) in [5.74, 6) is 0. The fourth-order valence-corrected chi connectivity index (χ4v) is 2.43. The molecule has 108 valence electrons. The van der Waals surface area contributed by atoms with Gasteiger partial charge in [0.1, 0.15) is 4.99 Å². The predicted molar refractivity (Wildman–Crippen MR) is 94.2 cm³/mol. The summed E-state index contributed by atoms with van der Waals surface area (Å²) in [6.07, 6.45) is 2.07. The third kappa shape index (κ3) is 4.54. The van der Waals surface area contributed by atoms with Crippen molar-refractivity contribution in [2.45, 2.75) is 26.9 Å². The van der Waals surface area contributed by atoms with Crippen molar-refractivity contribution < 1.29 is 0 Å². The van der Waals surface area contributed by atoms with Gasteiger partial charge in [0.15, 0.2) is 0 Å². The van der Waals surface area contributed by atoms with Crippen LogP contribution in [0.5, 0.6) is 0 Å². The van der Waals surface area contributed by atoms with E-state index in [-0.39, 0.29) is 0 Å². The molecule has 0 fully saturated rings. The van der Waals surface area contributed by atoms with E-state index in [4.69, 9.17) is 12.2 Å². The normalized spacial score (nSPS) is 11.2. The van der Waals surface area contributed by atoms with E-state index in [0.29, 0.717) is 0 Å². The van der Waals surface area contributed by atoms with Crippen LogP contribution >= 0.6 is 12.2 Å². The van der Waals surface area contributed by atoms with Gasteiger partial charge in [0.05, 0.1) is 0 Å². The highest BCUT2D eigenvalue weighted by Crippen LogP contribution is 2.14. The largest absolute Gasteiger partial charge is 0.354 e. The van der Waals surface area contributed by atoms with Crippen LogP contribution in [0.25, 0.3) is 0 Å². The van der Waals surface area contributed by atoms with Crippen molar-refractivity contribution in [1.82, 2.24) is 4.90 Å². The first kappa shape index (κ1) is 15.5. The minimum atomic E-state index is 0.833. The summed E-state index contributed by atoms with van der Waals surface area (Å²) in [5, 5.41) is 0. The fraction of sp³-hybridized carbons (Fsp3) is 0.211. The van der Waals surface area contributed by atoms with Crippen molar-refractivity contribution in [3.8, 4) is 0 Å². The van der Waals surface area contributed by atoms with E-state index in [2.05, 4.69) is 66.4 Å². The highest BCUT2D eigenvalue weighted by Gasteiger charge is 2.12. The van der Waals surface area contributed by atoms with Crippen LogP contribution in [0.4, 0.5) is 0 Å². The highest BCUT2D eigenvalue weighted by atomic mass is 32.1. The molecule has 0 bridgehead atoms. The van der Waals surface area contributed by atoms with E-state index in [0.717, 1.165) is 23.7 Å². The molecule has 0 amide bonds. The molecule has 0 heterocycles. The Morgan fingerprint density at radius 2 is 1.33 bits per heavy atom. The smallest absolute Gasteiger partial charge is 0.105 e. The molecule has 0 saturated carbocycles. The van der Waals surface area contributed by atoms with Crippen LogP contribution in [0.15, 0.2) is 72.3 Å². The standard InChI is InChI=1S/C19H21NS/c1-3-16(2)19(21)20(14-17-10-6-4-7-11-17)15-18-12-8-5-9-13-18/h3-13H,14-15H2,1-2H3/b16-3-. The molecule has 0 N–H and O–H groups in total. The van der Waals surface area contributed by atoms with Gasteiger partial charge in [0.25, 0.3) is 0 Å². The molecule has 21 heavy (non-hydrogen) atoms. The Kier molecular flexibility index (Phi) is 5.70. The summed E-state index contributed by atoms with van der Waals surface area (Å²) < 4.78 is 0. The third-order valence-corrected chi connectivity index (χ3v) is 4.07. The van der Waals surface area contributed by atoms with E-state index in [1.807, 2.05) is 19.1 Å². The molecule has 0 aliphatic rings. The Morgan fingerprint density at radius 1 is 0.905 bits per heavy atom. The lowest BCUT2D eigenvalue weighted by molar-refractivity contribution is 0.414. The van der Waals surface area contributed by atoms with E-state index in [9.17, 15) is 0 Å². The molecule has 0 spiro atoms. The van der Waals surface area contributed by atoms with Crippen LogP contribution in [0.2, 0.25) is 0 Å². The molecule has 2 aromatic carbocycles. The van der Waals surface area contributed by atoms with Gasteiger partial charge in [0, 0.05) is 13.1 Å². The summed E-state index contributed by atoms with van der Waals surface area (Å²) in [6.45, 7) is 5.77. The molecular formula is C19H21NS. The van der Waals surface area contributed by atoms with Gasteiger partial charge in [-0.1, -0.05) is 79.0 Å². The number of thiocarbonyl (C=S) groups is 1. The average molecular weight is 295 g/mol. The Bertz CT molecular complexity index is 560. The molecule has 0 aliphatic heterocycles.